The van der Waals surface area contributed by atoms with Gasteiger partial charge in [0, 0.05) is 10.2 Å². The lowest BCUT2D eigenvalue weighted by atomic mass is 10.1. The number of imide groups is 1. The second-order valence-electron chi connectivity index (χ2n) is 7.07. The highest BCUT2D eigenvalue weighted by Gasteiger charge is 2.36. The van der Waals surface area contributed by atoms with Gasteiger partial charge in [0.2, 0.25) is 5.91 Å². The van der Waals surface area contributed by atoms with Gasteiger partial charge in [0.15, 0.2) is 11.5 Å². The van der Waals surface area contributed by atoms with Crippen LogP contribution in [0, 0.1) is 0 Å². The van der Waals surface area contributed by atoms with Gasteiger partial charge in [0.1, 0.15) is 6.54 Å². The van der Waals surface area contributed by atoms with Crippen LogP contribution in [-0.2, 0) is 9.59 Å². The van der Waals surface area contributed by atoms with Crippen LogP contribution in [0.2, 0.25) is 0 Å². The van der Waals surface area contributed by atoms with Crippen molar-refractivity contribution in [2.75, 3.05) is 19.0 Å². The molecule has 0 bridgehead atoms. The highest BCUT2D eigenvalue weighted by Crippen LogP contribution is 2.35. The van der Waals surface area contributed by atoms with Crippen molar-refractivity contribution >= 4 is 56.5 Å². The van der Waals surface area contributed by atoms with E-state index in [4.69, 9.17) is 9.47 Å². The van der Waals surface area contributed by atoms with E-state index >= 15 is 0 Å². The Kier molecular flexibility index (Phi) is 7.98. The predicted octanol–water partition coefficient (Wildman–Crippen LogP) is 5.31. The summed E-state index contributed by atoms with van der Waals surface area (Å²) in [5.41, 5.74) is 1.26. The summed E-state index contributed by atoms with van der Waals surface area (Å²) in [7, 11) is 1.54. The Balaban J connectivity index is 1.70. The van der Waals surface area contributed by atoms with Crippen LogP contribution in [0.5, 0.6) is 11.5 Å². The largest absolute Gasteiger partial charge is 0.493 e. The van der Waals surface area contributed by atoms with Crippen LogP contribution in [0.15, 0.2) is 51.8 Å². The van der Waals surface area contributed by atoms with Crippen molar-refractivity contribution in [2.24, 2.45) is 0 Å². The molecular formula is C23H23BrN2O5S. The molecule has 7 nitrogen and oxygen atoms in total. The van der Waals surface area contributed by atoms with Gasteiger partial charge in [-0.15, -0.1) is 0 Å². The number of benzene rings is 2. The number of methoxy groups -OCH3 is 1. The van der Waals surface area contributed by atoms with Crippen LogP contribution in [0.1, 0.15) is 25.8 Å². The van der Waals surface area contributed by atoms with Gasteiger partial charge in [-0.1, -0.05) is 28.9 Å². The van der Waals surface area contributed by atoms with Gasteiger partial charge < -0.3 is 14.8 Å². The molecule has 1 aliphatic rings. The first-order valence-corrected chi connectivity index (χ1v) is 11.6. The molecule has 168 valence electrons. The summed E-state index contributed by atoms with van der Waals surface area (Å²) in [6.45, 7) is 3.64. The fourth-order valence-corrected chi connectivity index (χ4v) is 3.94. The molecule has 0 unspecified atom stereocenters. The molecule has 0 spiro atoms. The number of carbonyl (C=O) groups excluding carboxylic acids is 3. The minimum Gasteiger partial charge on any atom is -0.493 e. The fourth-order valence-electron chi connectivity index (χ4n) is 2.84. The number of amides is 3. The van der Waals surface area contributed by atoms with Gasteiger partial charge >= 0.3 is 0 Å². The number of hydrogen-bond acceptors (Lipinski definition) is 6. The molecule has 3 amide bonds. The quantitative estimate of drug-likeness (QED) is 0.476. The van der Waals surface area contributed by atoms with Crippen LogP contribution in [0.3, 0.4) is 0 Å². The van der Waals surface area contributed by atoms with Crippen LogP contribution < -0.4 is 14.8 Å². The standard InChI is InChI=1S/C23H23BrN2O5S/c1-4-14(2)31-18-10-5-15(11-19(18)30-3)12-20-22(28)26(23(29)32-20)13-21(27)25-17-8-6-16(24)7-9-17/h5-12,14H,4,13H2,1-3H3,(H,25,27)/b20-12-/t14-/m1/s1. The summed E-state index contributed by atoms with van der Waals surface area (Å²) in [6.07, 6.45) is 2.50. The monoisotopic (exact) mass is 518 g/mol. The minimum atomic E-state index is -0.509. The number of carbonyl (C=O) groups is 3. The van der Waals surface area contributed by atoms with E-state index in [1.54, 1.807) is 55.7 Å². The molecule has 1 fully saturated rings. The number of nitrogens with one attached hydrogen (secondary N) is 1. The van der Waals surface area contributed by atoms with Gasteiger partial charge in [-0.3, -0.25) is 19.3 Å². The molecule has 0 aromatic heterocycles. The van der Waals surface area contributed by atoms with Crippen molar-refractivity contribution < 1.29 is 23.9 Å². The summed E-state index contributed by atoms with van der Waals surface area (Å²) < 4.78 is 12.1. The van der Waals surface area contributed by atoms with E-state index in [9.17, 15) is 14.4 Å². The molecule has 0 radical (unpaired) electrons. The maximum absolute atomic E-state index is 12.7. The predicted molar refractivity (Wildman–Crippen MR) is 129 cm³/mol. The molecular weight excluding hydrogens is 496 g/mol. The Morgan fingerprint density at radius 2 is 1.91 bits per heavy atom. The zero-order valence-electron chi connectivity index (χ0n) is 17.9. The fraction of sp³-hybridized carbons (Fsp3) is 0.261. The lowest BCUT2D eigenvalue weighted by Crippen LogP contribution is -2.36. The summed E-state index contributed by atoms with van der Waals surface area (Å²) in [6, 6.07) is 12.3. The van der Waals surface area contributed by atoms with Gasteiger partial charge in [-0.2, -0.15) is 0 Å². The topological polar surface area (TPSA) is 84.9 Å². The van der Waals surface area contributed by atoms with E-state index in [1.807, 2.05) is 13.8 Å². The molecule has 1 atom stereocenters. The molecule has 2 aromatic rings. The summed E-state index contributed by atoms with van der Waals surface area (Å²) >= 11 is 4.12. The molecule has 0 saturated carbocycles. The first kappa shape index (κ1) is 23.9. The third kappa shape index (κ3) is 5.92. The van der Waals surface area contributed by atoms with Crippen LogP contribution in [0.4, 0.5) is 10.5 Å². The number of hydrogen-bond donors (Lipinski definition) is 1. The zero-order chi connectivity index (χ0) is 23.3. The summed E-state index contributed by atoms with van der Waals surface area (Å²) in [4.78, 5) is 38.6. The number of ether oxygens (including phenoxy) is 2. The highest BCUT2D eigenvalue weighted by atomic mass is 79.9. The molecule has 1 heterocycles. The molecule has 3 rings (SSSR count). The Morgan fingerprint density at radius 3 is 2.56 bits per heavy atom. The minimum absolute atomic E-state index is 0.0369. The van der Waals surface area contributed by atoms with E-state index in [0.29, 0.717) is 22.7 Å². The molecule has 32 heavy (non-hydrogen) atoms. The van der Waals surface area contributed by atoms with Crippen molar-refractivity contribution in [2.45, 2.75) is 26.4 Å². The van der Waals surface area contributed by atoms with E-state index in [-0.39, 0.29) is 17.6 Å². The normalized spacial score (nSPS) is 15.8. The van der Waals surface area contributed by atoms with Crippen LogP contribution in [0.25, 0.3) is 6.08 Å². The number of rotatable bonds is 8. The maximum Gasteiger partial charge on any atom is 0.294 e. The van der Waals surface area contributed by atoms with Gasteiger partial charge in [-0.05, 0) is 73.1 Å². The Hall–Kier alpha value is -2.78. The SMILES string of the molecule is CC[C@@H](C)Oc1ccc(/C=C2\SC(=O)N(CC(=O)Nc3ccc(Br)cc3)C2=O)cc1OC. The van der Waals surface area contributed by atoms with Crippen molar-refractivity contribution in [1.29, 1.82) is 0 Å². The van der Waals surface area contributed by atoms with Crippen LogP contribution in [-0.4, -0.2) is 41.7 Å². The van der Waals surface area contributed by atoms with E-state index < -0.39 is 17.1 Å². The average Bonchev–Trinajstić information content (AvgIpc) is 3.03. The summed E-state index contributed by atoms with van der Waals surface area (Å²) in [5, 5.41) is 2.19. The zero-order valence-corrected chi connectivity index (χ0v) is 20.3. The summed E-state index contributed by atoms with van der Waals surface area (Å²) in [5.74, 6) is 0.179. The van der Waals surface area contributed by atoms with Crippen molar-refractivity contribution in [3.05, 3.63) is 57.4 Å². The second-order valence-corrected chi connectivity index (χ2v) is 8.98. The number of nitrogens with zero attached hydrogens (tertiary/aromatic N) is 1. The van der Waals surface area contributed by atoms with E-state index in [2.05, 4.69) is 21.2 Å². The van der Waals surface area contributed by atoms with E-state index in [0.717, 1.165) is 27.6 Å². The smallest absolute Gasteiger partial charge is 0.294 e. The lowest BCUT2D eigenvalue weighted by Gasteiger charge is -2.15. The Labute approximate surface area is 199 Å². The lowest BCUT2D eigenvalue weighted by molar-refractivity contribution is -0.127. The number of thioether (sulfide) groups is 1. The molecule has 0 aliphatic carbocycles. The molecule has 1 saturated heterocycles. The Bertz CT molecular complexity index is 1050. The number of halogens is 1. The van der Waals surface area contributed by atoms with Gasteiger partial charge in [0.05, 0.1) is 18.1 Å². The first-order valence-electron chi connectivity index (χ1n) is 9.96. The van der Waals surface area contributed by atoms with Crippen molar-refractivity contribution in [1.82, 2.24) is 4.90 Å². The van der Waals surface area contributed by atoms with Crippen molar-refractivity contribution in [3.63, 3.8) is 0 Å². The van der Waals surface area contributed by atoms with Crippen molar-refractivity contribution in [3.8, 4) is 11.5 Å². The molecule has 2 aromatic carbocycles. The molecule has 1 N–H and O–H groups in total. The Morgan fingerprint density at radius 1 is 1.19 bits per heavy atom. The third-order valence-corrected chi connectivity index (χ3v) is 6.13. The second kappa shape index (κ2) is 10.7. The highest BCUT2D eigenvalue weighted by molar-refractivity contribution is 9.10. The van der Waals surface area contributed by atoms with Gasteiger partial charge in [-0.25, -0.2) is 0 Å². The maximum atomic E-state index is 12.7. The third-order valence-electron chi connectivity index (χ3n) is 4.69. The number of anilines is 1. The molecule has 9 heteroatoms. The van der Waals surface area contributed by atoms with Gasteiger partial charge in [0.25, 0.3) is 11.1 Å². The average molecular weight is 519 g/mol. The molecule has 1 aliphatic heterocycles. The first-order chi connectivity index (χ1) is 15.3. The van der Waals surface area contributed by atoms with Crippen LogP contribution >= 0.6 is 27.7 Å². The van der Waals surface area contributed by atoms with E-state index in [1.165, 1.54) is 0 Å².